The first-order valence-electron chi connectivity index (χ1n) is 8.26. The van der Waals surface area contributed by atoms with Crippen LogP contribution in [0, 0.1) is 0 Å². The standard InChI is InChI=1S/C21H25N3/c1-21(2)18-8-6-7-9-19(18)24(5)20(21)14-15-22-16-10-12-17(13-11-16)23(3)4/h6-15H,1-5H3/b20-14+,22-15?. The van der Waals surface area contributed by atoms with Crippen molar-refractivity contribution in [3.05, 3.63) is 65.9 Å². The number of likely N-dealkylation sites (N-methyl/N-ethyl adjacent to an activating group) is 1. The second kappa shape index (κ2) is 6.16. The topological polar surface area (TPSA) is 18.8 Å². The summed E-state index contributed by atoms with van der Waals surface area (Å²) in [5.41, 5.74) is 6.04. The van der Waals surface area contributed by atoms with Crippen molar-refractivity contribution < 1.29 is 0 Å². The van der Waals surface area contributed by atoms with Crippen molar-refractivity contribution in [2.45, 2.75) is 19.3 Å². The van der Waals surface area contributed by atoms with Crippen LogP contribution in [0.4, 0.5) is 17.1 Å². The zero-order valence-corrected chi connectivity index (χ0v) is 15.1. The zero-order chi connectivity index (χ0) is 17.3. The van der Waals surface area contributed by atoms with Crippen LogP contribution in [0.2, 0.25) is 0 Å². The summed E-state index contributed by atoms with van der Waals surface area (Å²) in [6, 6.07) is 16.8. The summed E-state index contributed by atoms with van der Waals surface area (Å²) in [6.45, 7) is 4.53. The van der Waals surface area contributed by atoms with Crippen LogP contribution in [0.3, 0.4) is 0 Å². The number of hydrogen-bond acceptors (Lipinski definition) is 3. The van der Waals surface area contributed by atoms with Gasteiger partial charge in [-0.15, -0.1) is 0 Å². The van der Waals surface area contributed by atoms with Crippen molar-refractivity contribution in [3.63, 3.8) is 0 Å². The van der Waals surface area contributed by atoms with Crippen molar-refractivity contribution in [2.24, 2.45) is 4.99 Å². The van der Waals surface area contributed by atoms with Crippen LogP contribution in [-0.2, 0) is 5.41 Å². The highest BCUT2D eigenvalue weighted by Crippen LogP contribution is 2.46. The first kappa shape index (κ1) is 16.3. The minimum atomic E-state index is -0.00779. The maximum atomic E-state index is 4.59. The lowest BCUT2D eigenvalue weighted by atomic mass is 9.84. The van der Waals surface area contributed by atoms with Gasteiger partial charge in [-0.3, -0.25) is 4.99 Å². The number of anilines is 2. The average Bonchev–Trinajstić information content (AvgIpc) is 2.76. The van der Waals surface area contributed by atoms with Gasteiger partial charge in [-0.2, -0.15) is 0 Å². The summed E-state index contributed by atoms with van der Waals surface area (Å²) >= 11 is 0. The zero-order valence-electron chi connectivity index (χ0n) is 15.1. The molecule has 0 bridgehead atoms. The van der Waals surface area contributed by atoms with Gasteiger partial charge in [-0.25, -0.2) is 0 Å². The highest BCUT2D eigenvalue weighted by molar-refractivity contribution is 5.81. The third-order valence-corrected chi connectivity index (χ3v) is 4.76. The minimum Gasteiger partial charge on any atom is -0.378 e. The Morgan fingerprint density at radius 3 is 2.29 bits per heavy atom. The average molecular weight is 319 g/mol. The number of allylic oxidation sites excluding steroid dienone is 2. The molecular weight excluding hydrogens is 294 g/mol. The minimum absolute atomic E-state index is 0.00779. The normalized spacial score (nSPS) is 17.5. The highest BCUT2D eigenvalue weighted by atomic mass is 15.2. The number of nitrogens with zero attached hydrogens (tertiary/aromatic N) is 3. The van der Waals surface area contributed by atoms with Crippen LogP contribution >= 0.6 is 0 Å². The van der Waals surface area contributed by atoms with Crippen LogP contribution in [-0.4, -0.2) is 27.4 Å². The molecule has 0 unspecified atom stereocenters. The van der Waals surface area contributed by atoms with Gasteiger partial charge in [0, 0.05) is 49.8 Å². The van der Waals surface area contributed by atoms with Crippen LogP contribution < -0.4 is 9.80 Å². The van der Waals surface area contributed by atoms with E-state index in [4.69, 9.17) is 0 Å². The molecule has 0 aromatic heterocycles. The second-order valence-electron chi connectivity index (χ2n) is 6.94. The number of para-hydroxylation sites is 1. The van der Waals surface area contributed by atoms with E-state index in [9.17, 15) is 0 Å². The fraction of sp³-hybridized carbons (Fsp3) is 0.286. The Hall–Kier alpha value is -2.55. The number of fused-ring (bicyclic) bond motifs is 1. The third kappa shape index (κ3) is 2.82. The molecule has 0 fully saturated rings. The Bertz CT molecular complexity index is 783. The van der Waals surface area contributed by atoms with Crippen LogP contribution in [0.5, 0.6) is 0 Å². The Morgan fingerprint density at radius 2 is 1.67 bits per heavy atom. The van der Waals surface area contributed by atoms with E-state index in [-0.39, 0.29) is 5.41 Å². The van der Waals surface area contributed by atoms with Gasteiger partial charge in [0.15, 0.2) is 0 Å². The molecule has 1 aliphatic heterocycles. The predicted molar refractivity (Wildman–Crippen MR) is 105 cm³/mol. The monoisotopic (exact) mass is 319 g/mol. The third-order valence-electron chi connectivity index (χ3n) is 4.76. The lowest BCUT2D eigenvalue weighted by Gasteiger charge is -2.23. The van der Waals surface area contributed by atoms with Gasteiger partial charge in [0.05, 0.1) is 5.69 Å². The summed E-state index contributed by atoms with van der Waals surface area (Å²) in [5, 5.41) is 0. The van der Waals surface area contributed by atoms with E-state index in [1.807, 2.05) is 32.4 Å². The highest BCUT2D eigenvalue weighted by Gasteiger charge is 2.37. The summed E-state index contributed by atoms with van der Waals surface area (Å²) in [4.78, 5) is 8.93. The molecular formula is C21H25N3. The first-order chi connectivity index (χ1) is 11.4. The van der Waals surface area contributed by atoms with Gasteiger partial charge in [-0.1, -0.05) is 32.0 Å². The predicted octanol–water partition coefficient (Wildman–Crippen LogP) is 4.77. The first-order valence-corrected chi connectivity index (χ1v) is 8.26. The van der Waals surface area contributed by atoms with Crippen LogP contribution in [0.25, 0.3) is 0 Å². The summed E-state index contributed by atoms with van der Waals surface area (Å²) in [7, 11) is 6.20. The molecule has 1 heterocycles. The quantitative estimate of drug-likeness (QED) is 0.759. The Kier molecular flexibility index (Phi) is 4.18. The maximum Gasteiger partial charge on any atom is 0.0631 e. The Morgan fingerprint density at radius 1 is 1.00 bits per heavy atom. The number of benzene rings is 2. The molecule has 3 rings (SSSR count). The van der Waals surface area contributed by atoms with Gasteiger partial charge in [0.25, 0.3) is 0 Å². The molecule has 0 spiro atoms. The molecule has 2 aromatic carbocycles. The molecule has 1 aliphatic rings. The molecule has 0 N–H and O–H groups in total. The van der Waals surface area contributed by atoms with Crippen molar-refractivity contribution >= 4 is 23.3 Å². The smallest absolute Gasteiger partial charge is 0.0631 e. The molecule has 3 nitrogen and oxygen atoms in total. The summed E-state index contributed by atoms with van der Waals surface area (Å²) in [5.74, 6) is 0. The molecule has 0 aliphatic carbocycles. The van der Waals surface area contributed by atoms with E-state index < -0.39 is 0 Å². The van der Waals surface area contributed by atoms with Gasteiger partial charge in [-0.05, 0) is 42.0 Å². The molecule has 0 saturated heterocycles. The second-order valence-corrected chi connectivity index (χ2v) is 6.94. The van der Waals surface area contributed by atoms with Gasteiger partial charge in [0.1, 0.15) is 0 Å². The number of aliphatic imine (C=N–C) groups is 1. The number of hydrogen-bond donors (Lipinski definition) is 0. The fourth-order valence-corrected chi connectivity index (χ4v) is 3.33. The maximum absolute atomic E-state index is 4.59. The molecule has 0 amide bonds. The number of rotatable bonds is 3. The van der Waals surface area contributed by atoms with E-state index in [0.717, 1.165) is 5.69 Å². The molecule has 0 saturated carbocycles. The lowest BCUT2D eigenvalue weighted by molar-refractivity contribution is 0.641. The van der Waals surface area contributed by atoms with Crippen molar-refractivity contribution in [1.29, 1.82) is 0 Å². The van der Waals surface area contributed by atoms with Crippen LogP contribution in [0.15, 0.2) is 65.3 Å². The van der Waals surface area contributed by atoms with E-state index in [2.05, 4.69) is 78.2 Å². The van der Waals surface area contributed by atoms with Crippen molar-refractivity contribution in [1.82, 2.24) is 0 Å². The van der Waals surface area contributed by atoms with Gasteiger partial charge in [0.2, 0.25) is 0 Å². The molecule has 3 heteroatoms. The Labute approximate surface area is 144 Å². The van der Waals surface area contributed by atoms with E-state index >= 15 is 0 Å². The van der Waals surface area contributed by atoms with Crippen molar-refractivity contribution in [3.8, 4) is 0 Å². The molecule has 0 atom stereocenters. The molecule has 24 heavy (non-hydrogen) atoms. The summed E-state index contributed by atoms with van der Waals surface area (Å²) in [6.07, 6.45) is 4.03. The van der Waals surface area contributed by atoms with Crippen molar-refractivity contribution in [2.75, 3.05) is 30.9 Å². The largest absolute Gasteiger partial charge is 0.378 e. The molecule has 0 radical (unpaired) electrons. The fourth-order valence-electron chi connectivity index (χ4n) is 3.33. The van der Waals surface area contributed by atoms with E-state index in [1.165, 1.54) is 22.6 Å². The summed E-state index contributed by atoms with van der Waals surface area (Å²) < 4.78 is 0. The lowest BCUT2D eigenvalue weighted by Crippen LogP contribution is -2.22. The van der Waals surface area contributed by atoms with Gasteiger partial charge >= 0.3 is 0 Å². The SMILES string of the molecule is CN(C)c1ccc(N=C/C=C2/N(C)c3ccccc3C2(C)C)cc1. The Balaban J connectivity index is 1.84. The van der Waals surface area contributed by atoms with E-state index in [1.54, 1.807) is 0 Å². The van der Waals surface area contributed by atoms with Gasteiger partial charge < -0.3 is 9.80 Å². The molecule has 2 aromatic rings. The van der Waals surface area contributed by atoms with E-state index in [0.29, 0.717) is 0 Å². The molecule has 124 valence electrons. The van der Waals surface area contributed by atoms with Crippen LogP contribution in [0.1, 0.15) is 19.4 Å².